The Morgan fingerprint density at radius 3 is 2.52 bits per heavy atom. The monoisotopic (exact) mass is 297 g/mol. The fourth-order valence-electron chi connectivity index (χ4n) is 1.74. The van der Waals surface area contributed by atoms with E-state index in [-0.39, 0.29) is 12.6 Å². The van der Waals surface area contributed by atoms with Gasteiger partial charge in [-0.1, -0.05) is 13.8 Å². The highest BCUT2D eigenvalue weighted by Gasteiger charge is 2.16. The molecule has 0 aliphatic carbocycles. The van der Waals surface area contributed by atoms with Gasteiger partial charge in [-0.05, 0) is 26.7 Å². The van der Waals surface area contributed by atoms with Crippen LogP contribution in [0.5, 0.6) is 6.01 Å². The molecule has 0 amide bonds. The van der Waals surface area contributed by atoms with Gasteiger partial charge in [0.05, 0.1) is 13.2 Å². The molecular weight excluding hydrogens is 270 g/mol. The predicted molar refractivity (Wildman–Crippen MR) is 84.0 cm³/mol. The summed E-state index contributed by atoms with van der Waals surface area (Å²) in [6.45, 7) is 10.1. The van der Waals surface area contributed by atoms with Gasteiger partial charge in [-0.25, -0.2) is 0 Å². The van der Waals surface area contributed by atoms with E-state index in [2.05, 4.69) is 27.2 Å². The van der Waals surface area contributed by atoms with Crippen LogP contribution in [0, 0.1) is 0 Å². The highest BCUT2D eigenvalue weighted by atomic mass is 16.5. The van der Waals surface area contributed by atoms with E-state index in [4.69, 9.17) is 4.74 Å². The van der Waals surface area contributed by atoms with Crippen LogP contribution >= 0.6 is 0 Å². The topological polar surface area (TPSA) is 83.4 Å². The van der Waals surface area contributed by atoms with Crippen LogP contribution in [-0.2, 0) is 0 Å². The number of nitrogens with zero attached hydrogens (tertiary/aromatic N) is 4. The van der Waals surface area contributed by atoms with Crippen molar-refractivity contribution >= 4 is 11.9 Å². The number of hydrogen-bond acceptors (Lipinski definition) is 7. The Morgan fingerprint density at radius 1 is 1.19 bits per heavy atom. The quantitative estimate of drug-likeness (QED) is 0.680. The lowest BCUT2D eigenvalue weighted by molar-refractivity contribution is 0.288. The molecule has 0 bridgehead atoms. The zero-order valence-corrected chi connectivity index (χ0v) is 13.5. The number of anilines is 2. The van der Waals surface area contributed by atoms with Gasteiger partial charge < -0.3 is 20.1 Å². The third-order valence-electron chi connectivity index (χ3n) is 2.79. The molecule has 0 aliphatic rings. The van der Waals surface area contributed by atoms with E-state index in [0.29, 0.717) is 31.1 Å². The largest absolute Gasteiger partial charge is 0.463 e. The van der Waals surface area contributed by atoms with Crippen molar-refractivity contribution in [2.24, 2.45) is 0 Å². The zero-order valence-electron chi connectivity index (χ0n) is 13.5. The van der Waals surface area contributed by atoms with Crippen molar-refractivity contribution in [3.05, 3.63) is 0 Å². The predicted octanol–water partition coefficient (Wildman–Crippen LogP) is 1.69. The van der Waals surface area contributed by atoms with Gasteiger partial charge in [0.2, 0.25) is 11.9 Å². The first-order valence-corrected chi connectivity index (χ1v) is 7.62. The molecule has 1 aromatic rings. The average molecular weight is 297 g/mol. The molecule has 0 fully saturated rings. The van der Waals surface area contributed by atoms with Crippen LogP contribution in [0.2, 0.25) is 0 Å². The van der Waals surface area contributed by atoms with Gasteiger partial charge in [0.25, 0.3) is 0 Å². The van der Waals surface area contributed by atoms with Gasteiger partial charge in [0.15, 0.2) is 0 Å². The first-order chi connectivity index (χ1) is 10.1. The molecular formula is C14H27N5O2. The lowest BCUT2D eigenvalue weighted by Crippen LogP contribution is -2.35. The molecule has 0 aliphatic heterocycles. The normalized spacial score (nSPS) is 10.8. The third kappa shape index (κ3) is 5.71. The number of hydrogen-bond donors (Lipinski definition) is 2. The van der Waals surface area contributed by atoms with Crippen molar-refractivity contribution in [1.82, 2.24) is 15.0 Å². The molecule has 0 saturated carbocycles. The number of ether oxygens (including phenoxy) is 1. The first kappa shape index (κ1) is 17.4. The Hall–Kier alpha value is -1.63. The van der Waals surface area contributed by atoms with Crippen LogP contribution in [0.4, 0.5) is 11.9 Å². The minimum Gasteiger partial charge on any atom is -0.463 e. The molecule has 0 atom stereocenters. The van der Waals surface area contributed by atoms with Crippen LogP contribution < -0.4 is 15.0 Å². The van der Waals surface area contributed by atoms with E-state index < -0.39 is 0 Å². The van der Waals surface area contributed by atoms with E-state index in [0.717, 1.165) is 19.4 Å². The second-order valence-corrected chi connectivity index (χ2v) is 5.03. The van der Waals surface area contributed by atoms with Gasteiger partial charge >= 0.3 is 6.01 Å². The maximum absolute atomic E-state index is 9.21. The summed E-state index contributed by atoms with van der Waals surface area (Å²) in [5.41, 5.74) is 0. The highest BCUT2D eigenvalue weighted by molar-refractivity contribution is 5.39. The standard InChI is InChI=1S/C14H27N5O2/c1-5-7-15-12-16-13(19(8-9-20)11(3)4)18-14(17-12)21-10-6-2/h11,20H,5-10H2,1-4H3,(H,15,16,17,18). The molecule has 0 saturated heterocycles. The number of aliphatic hydroxyl groups is 1. The summed E-state index contributed by atoms with van der Waals surface area (Å²) in [6.07, 6.45) is 1.87. The van der Waals surface area contributed by atoms with Crippen molar-refractivity contribution in [2.75, 3.05) is 36.5 Å². The summed E-state index contributed by atoms with van der Waals surface area (Å²) in [6, 6.07) is 0.502. The molecule has 2 N–H and O–H groups in total. The summed E-state index contributed by atoms with van der Waals surface area (Å²) in [5.74, 6) is 1.04. The van der Waals surface area contributed by atoms with Crippen LogP contribution in [0.3, 0.4) is 0 Å². The third-order valence-corrected chi connectivity index (χ3v) is 2.79. The minimum atomic E-state index is 0.0483. The van der Waals surface area contributed by atoms with Crippen molar-refractivity contribution < 1.29 is 9.84 Å². The Morgan fingerprint density at radius 2 is 1.95 bits per heavy atom. The second-order valence-electron chi connectivity index (χ2n) is 5.03. The van der Waals surface area contributed by atoms with Crippen LogP contribution in [0.15, 0.2) is 0 Å². The van der Waals surface area contributed by atoms with Gasteiger partial charge in [-0.3, -0.25) is 0 Å². The average Bonchev–Trinajstić information content (AvgIpc) is 2.48. The molecule has 1 rings (SSSR count). The Balaban J connectivity index is 3.02. The molecule has 0 spiro atoms. The van der Waals surface area contributed by atoms with Gasteiger partial charge in [-0.2, -0.15) is 15.0 Å². The number of aromatic nitrogens is 3. The minimum absolute atomic E-state index is 0.0483. The molecule has 120 valence electrons. The van der Waals surface area contributed by atoms with Crippen molar-refractivity contribution in [3.8, 4) is 6.01 Å². The molecule has 1 heterocycles. The van der Waals surface area contributed by atoms with E-state index in [1.54, 1.807) is 0 Å². The highest BCUT2D eigenvalue weighted by Crippen LogP contribution is 2.17. The van der Waals surface area contributed by atoms with Crippen molar-refractivity contribution in [2.45, 2.75) is 46.6 Å². The second kappa shape index (κ2) is 9.33. The molecule has 7 nitrogen and oxygen atoms in total. The maximum Gasteiger partial charge on any atom is 0.323 e. The zero-order chi connectivity index (χ0) is 15.7. The van der Waals surface area contributed by atoms with Crippen molar-refractivity contribution in [3.63, 3.8) is 0 Å². The molecule has 0 radical (unpaired) electrons. The van der Waals surface area contributed by atoms with E-state index in [9.17, 15) is 5.11 Å². The molecule has 0 unspecified atom stereocenters. The summed E-state index contributed by atoms with van der Waals surface area (Å²) in [4.78, 5) is 15.0. The van der Waals surface area contributed by atoms with Gasteiger partial charge in [0, 0.05) is 19.1 Å². The smallest absolute Gasteiger partial charge is 0.323 e. The maximum atomic E-state index is 9.21. The summed E-state index contributed by atoms with van der Waals surface area (Å²) in [7, 11) is 0. The van der Waals surface area contributed by atoms with E-state index >= 15 is 0 Å². The Bertz CT molecular complexity index is 388. The fraction of sp³-hybridized carbons (Fsp3) is 0.786. The Kier molecular flexibility index (Phi) is 7.74. The number of aliphatic hydroxyl groups excluding tert-OH is 1. The first-order valence-electron chi connectivity index (χ1n) is 7.62. The fourth-order valence-corrected chi connectivity index (χ4v) is 1.74. The van der Waals surface area contributed by atoms with Gasteiger partial charge in [-0.15, -0.1) is 0 Å². The van der Waals surface area contributed by atoms with E-state index in [1.807, 2.05) is 25.7 Å². The van der Waals surface area contributed by atoms with Crippen LogP contribution in [0.25, 0.3) is 0 Å². The molecule has 1 aromatic heterocycles. The number of rotatable bonds is 10. The summed E-state index contributed by atoms with van der Waals surface area (Å²) < 4.78 is 5.53. The van der Waals surface area contributed by atoms with E-state index in [1.165, 1.54) is 0 Å². The van der Waals surface area contributed by atoms with Crippen molar-refractivity contribution in [1.29, 1.82) is 0 Å². The summed E-state index contributed by atoms with van der Waals surface area (Å²) in [5, 5.41) is 12.4. The SMILES string of the molecule is CCCNc1nc(OCCC)nc(N(CCO)C(C)C)n1. The van der Waals surface area contributed by atoms with Crippen LogP contribution in [0.1, 0.15) is 40.5 Å². The lowest BCUT2D eigenvalue weighted by atomic mass is 10.3. The molecule has 21 heavy (non-hydrogen) atoms. The number of nitrogens with one attached hydrogen (secondary N) is 1. The van der Waals surface area contributed by atoms with Crippen LogP contribution in [-0.4, -0.2) is 52.4 Å². The lowest BCUT2D eigenvalue weighted by Gasteiger charge is -2.26. The molecule has 7 heteroatoms. The Labute approximate surface area is 126 Å². The van der Waals surface area contributed by atoms with Gasteiger partial charge in [0.1, 0.15) is 0 Å². The molecule has 0 aromatic carbocycles. The summed E-state index contributed by atoms with van der Waals surface area (Å²) >= 11 is 0.